The Labute approximate surface area is 151 Å². The number of benzene rings is 1. The third kappa shape index (κ3) is 4.72. The number of nitrogens with one attached hydrogen (secondary N) is 1. The van der Waals surface area contributed by atoms with Crippen LogP contribution in [-0.4, -0.2) is 16.7 Å². The zero-order valence-corrected chi connectivity index (χ0v) is 14.4. The van der Waals surface area contributed by atoms with Crippen LogP contribution in [0.4, 0.5) is 0 Å². The van der Waals surface area contributed by atoms with Gasteiger partial charge in [0.15, 0.2) is 0 Å². The summed E-state index contributed by atoms with van der Waals surface area (Å²) in [6.07, 6.45) is 3.96. The highest BCUT2D eigenvalue weighted by molar-refractivity contribution is 6.38. The topological polar surface area (TPSA) is 63.5 Å². The summed E-state index contributed by atoms with van der Waals surface area (Å²) in [4.78, 5) is 23.2. The minimum atomic E-state index is -0.489. The van der Waals surface area contributed by atoms with E-state index in [9.17, 15) is 9.59 Å². The van der Waals surface area contributed by atoms with Crippen LogP contribution in [0.5, 0.6) is 0 Å². The molecular weight excluding hydrogens is 384 g/mol. The Kier molecular flexibility index (Phi) is 6.07. The van der Waals surface area contributed by atoms with Crippen LogP contribution < -0.4 is 10.9 Å². The second-order valence-corrected chi connectivity index (χ2v) is 6.01. The van der Waals surface area contributed by atoms with E-state index in [0.717, 1.165) is 0 Å². The summed E-state index contributed by atoms with van der Waals surface area (Å²) in [5, 5.41) is 4.47. The number of halogens is 4. The third-order valence-corrected chi connectivity index (χ3v) is 3.90. The minimum Gasteiger partial charge on any atom is -0.342 e. The van der Waals surface area contributed by atoms with Crippen molar-refractivity contribution in [2.45, 2.75) is 6.54 Å². The lowest BCUT2D eigenvalue weighted by atomic mass is 10.2. The van der Waals surface area contributed by atoms with E-state index in [1.54, 1.807) is 18.2 Å². The molecule has 0 aliphatic heterocycles. The Morgan fingerprint density at radius 1 is 1.09 bits per heavy atom. The van der Waals surface area contributed by atoms with Gasteiger partial charge in [0.05, 0.1) is 16.3 Å². The molecule has 5 nitrogen and oxygen atoms in total. The number of amides is 1. The van der Waals surface area contributed by atoms with Gasteiger partial charge in [0.25, 0.3) is 5.91 Å². The molecule has 0 unspecified atom stereocenters. The zero-order valence-electron chi connectivity index (χ0n) is 11.4. The summed E-state index contributed by atoms with van der Waals surface area (Å²) < 4.78 is 1.37. The van der Waals surface area contributed by atoms with Crippen molar-refractivity contribution < 1.29 is 4.79 Å². The minimum absolute atomic E-state index is 0.0725. The first-order valence-electron chi connectivity index (χ1n) is 6.19. The molecular formula is C14H9Cl4N3O2. The lowest BCUT2D eigenvalue weighted by Crippen LogP contribution is -2.24. The molecule has 0 radical (unpaired) electrons. The molecule has 0 aliphatic carbocycles. The highest BCUT2D eigenvalue weighted by Crippen LogP contribution is 2.21. The van der Waals surface area contributed by atoms with Gasteiger partial charge in [-0.2, -0.15) is 5.10 Å². The number of aromatic nitrogens is 1. The predicted octanol–water partition coefficient (Wildman–Crippen LogP) is 3.61. The molecule has 1 aromatic heterocycles. The van der Waals surface area contributed by atoms with Crippen LogP contribution in [0.3, 0.4) is 0 Å². The van der Waals surface area contributed by atoms with Crippen molar-refractivity contribution in [3.8, 4) is 0 Å². The van der Waals surface area contributed by atoms with Crippen molar-refractivity contribution in [3.63, 3.8) is 0 Å². The average Bonchev–Trinajstić information content (AvgIpc) is 2.47. The normalized spacial score (nSPS) is 11.0. The van der Waals surface area contributed by atoms with Gasteiger partial charge in [-0.3, -0.25) is 9.59 Å². The van der Waals surface area contributed by atoms with E-state index >= 15 is 0 Å². The number of carbonyl (C=O) groups is 1. The van der Waals surface area contributed by atoms with Crippen LogP contribution in [0.25, 0.3) is 0 Å². The fourth-order valence-corrected chi connectivity index (χ4v) is 2.65. The van der Waals surface area contributed by atoms with Gasteiger partial charge < -0.3 is 4.57 Å². The van der Waals surface area contributed by atoms with Crippen molar-refractivity contribution in [1.29, 1.82) is 0 Å². The molecule has 0 fully saturated rings. The molecule has 1 N–H and O–H groups in total. The molecule has 0 bridgehead atoms. The van der Waals surface area contributed by atoms with E-state index in [1.165, 1.54) is 23.2 Å². The van der Waals surface area contributed by atoms with Crippen LogP contribution in [-0.2, 0) is 11.3 Å². The summed E-state index contributed by atoms with van der Waals surface area (Å²) in [6, 6.07) is 5.01. The maximum Gasteiger partial charge on any atom is 0.259 e. The first kappa shape index (κ1) is 17.8. The Hall–Kier alpha value is -1.53. The highest BCUT2D eigenvalue weighted by atomic mass is 35.5. The van der Waals surface area contributed by atoms with E-state index < -0.39 is 11.3 Å². The number of hydrazone groups is 1. The van der Waals surface area contributed by atoms with Crippen LogP contribution in [0.1, 0.15) is 5.56 Å². The van der Waals surface area contributed by atoms with Gasteiger partial charge in [0, 0.05) is 18.0 Å². The SMILES string of the molecule is O=C(Cn1cc(Cl)c(=O)c(Cl)c1)NN=Cc1c(Cl)cccc1Cl. The summed E-state index contributed by atoms with van der Waals surface area (Å²) in [7, 11) is 0. The van der Waals surface area contributed by atoms with Crippen molar-refractivity contribution in [2.24, 2.45) is 5.10 Å². The molecule has 1 aromatic carbocycles. The molecule has 0 aliphatic rings. The largest absolute Gasteiger partial charge is 0.342 e. The average molecular weight is 393 g/mol. The molecule has 9 heteroatoms. The number of nitrogens with zero attached hydrogens (tertiary/aromatic N) is 2. The molecule has 2 aromatic rings. The first-order chi connectivity index (χ1) is 10.9. The van der Waals surface area contributed by atoms with Crippen molar-refractivity contribution >= 4 is 58.5 Å². The molecule has 2 rings (SSSR count). The molecule has 1 heterocycles. The number of rotatable bonds is 4. The molecule has 0 spiro atoms. The second-order valence-electron chi connectivity index (χ2n) is 4.38. The summed E-state index contributed by atoms with van der Waals surface area (Å²) >= 11 is 23.4. The molecule has 120 valence electrons. The molecule has 0 saturated carbocycles. The smallest absolute Gasteiger partial charge is 0.259 e. The summed E-state index contributed by atoms with van der Waals surface area (Å²) in [5.41, 5.74) is 2.32. The maximum atomic E-state index is 11.8. The Morgan fingerprint density at radius 3 is 2.22 bits per heavy atom. The molecule has 0 saturated heterocycles. The van der Waals surface area contributed by atoms with Crippen molar-refractivity contribution in [2.75, 3.05) is 0 Å². The van der Waals surface area contributed by atoms with Gasteiger partial charge in [-0.05, 0) is 12.1 Å². The maximum absolute atomic E-state index is 11.8. The first-order valence-corrected chi connectivity index (χ1v) is 7.70. The van der Waals surface area contributed by atoms with E-state index in [4.69, 9.17) is 46.4 Å². The van der Waals surface area contributed by atoms with Gasteiger partial charge in [-0.25, -0.2) is 5.43 Å². The van der Waals surface area contributed by atoms with Gasteiger partial charge in [0.2, 0.25) is 5.43 Å². The summed E-state index contributed by atoms with van der Waals surface area (Å²) in [5.74, 6) is -0.444. The lowest BCUT2D eigenvalue weighted by molar-refractivity contribution is -0.121. The Bertz CT molecular complexity index is 787. The van der Waals surface area contributed by atoms with Crippen LogP contribution in [0.2, 0.25) is 20.1 Å². The Balaban J connectivity index is 2.03. The van der Waals surface area contributed by atoms with Crippen LogP contribution >= 0.6 is 46.4 Å². The van der Waals surface area contributed by atoms with E-state index in [0.29, 0.717) is 15.6 Å². The number of pyridine rings is 1. The predicted molar refractivity (Wildman–Crippen MR) is 92.9 cm³/mol. The van der Waals surface area contributed by atoms with Crippen LogP contribution in [0, 0.1) is 0 Å². The fraction of sp³-hybridized carbons (Fsp3) is 0.0714. The second kappa shape index (κ2) is 7.84. The number of hydrogen-bond acceptors (Lipinski definition) is 3. The molecule has 23 heavy (non-hydrogen) atoms. The number of carbonyl (C=O) groups excluding carboxylic acids is 1. The zero-order chi connectivity index (χ0) is 17.0. The quantitative estimate of drug-likeness (QED) is 0.638. The summed E-state index contributed by atoms with van der Waals surface area (Å²) in [6.45, 7) is -0.118. The molecule has 1 amide bonds. The van der Waals surface area contributed by atoms with Gasteiger partial charge in [-0.15, -0.1) is 0 Å². The van der Waals surface area contributed by atoms with Crippen LogP contribution in [0.15, 0.2) is 40.5 Å². The van der Waals surface area contributed by atoms with Crippen molar-refractivity contribution in [3.05, 3.63) is 66.5 Å². The third-order valence-electron chi connectivity index (χ3n) is 2.70. The van der Waals surface area contributed by atoms with E-state index in [-0.39, 0.29) is 16.6 Å². The highest BCUT2D eigenvalue weighted by Gasteiger charge is 2.07. The number of hydrogen-bond donors (Lipinski definition) is 1. The van der Waals surface area contributed by atoms with Crippen molar-refractivity contribution in [1.82, 2.24) is 9.99 Å². The fourth-order valence-electron chi connectivity index (χ4n) is 1.66. The molecule has 0 atom stereocenters. The van der Waals surface area contributed by atoms with E-state index in [1.807, 2.05) is 0 Å². The standard InChI is InChI=1S/C14H9Cl4N3O2/c15-9-2-1-3-10(16)8(9)4-19-20-13(22)7-21-5-11(17)14(23)12(18)6-21/h1-6H,7H2,(H,20,22). The van der Waals surface area contributed by atoms with Gasteiger partial charge >= 0.3 is 0 Å². The Morgan fingerprint density at radius 2 is 1.65 bits per heavy atom. The van der Waals surface area contributed by atoms with Gasteiger partial charge in [-0.1, -0.05) is 52.5 Å². The monoisotopic (exact) mass is 391 g/mol. The van der Waals surface area contributed by atoms with E-state index in [2.05, 4.69) is 10.5 Å². The lowest BCUT2D eigenvalue weighted by Gasteiger charge is -2.06. The van der Waals surface area contributed by atoms with Gasteiger partial charge in [0.1, 0.15) is 16.6 Å².